The number of pyridine rings is 1. The Hall–Kier alpha value is -2.10. The molecule has 0 fully saturated rings. The Labute approximate surface area is 87.5 Å². The quantitative estimate of drug-likeness (QED) is 0.812. The van der Waals surface area contributed by atoms with Crippen LogP contribution < -0.4 is 4.74 Å². The number of ether oxygens (including phenoxy) is 1. The molecule has 4 nitrogen and oxygen atoms in total. The number of nitrogens with zero attached hydrogens (tertiary/aromatic N) is 1. The van der Waals surface area contributed by atoms with Gasteiger partial charge in [-0.3, -0.25) is 0 Å². The van der Waals surface area contributed by atoms with Crippen LogP contribution in [-0.4, -0.2) is 23.2 Å². The highest BCUT2D eigenvalue weighted by atomic mass is 16.5. The third-order valence-electron chi connectivity index (χ3n) is 2.02. The fourth-order valence-electron chi connectivity index (χ4n) is 1.35. The van der Waals surface area contributed by atoms with Crippen molar-refractivity contribution in [1.29, 1.82) is 0 Å². The summed E-state index contributed by atoms with van der Waals surface area (Å²) in [7, 11) is 1.41. The van der Waals surface area contributed by atoms with E-state index < -0.39 is 5.97 Å². The lowest BCUT2D eigenvalue weighted by atomic mass is 10.2. The van der Waals surface area contributed by atoms with Gasteiger partial charge < -0.3 is 9.84 Å². The number of carboxylic acid groups (broad SMARTS) is 1. The zero-order valence-corrected chi connectivity index (χ0v) is 8.02. The van der Waals surface area contributed by atoms with Crippen molar-refractivity contribution in [1.82, 2.24) is 4.98 Å². The topological polar surface area (TPSA) is 59.4 Å². The molecule has 1 N–H and O–H groups in total. The van der Waals surface area contributed by atoms with Crippen LogP contribution in [0.4, 0.5) is 0 Å². The summed E-state index contributed by atoms with van der Waals surface area (Å²) >= 11 is 0. The van der Waals surface area contributed by atoms with E-state index in [9.17, 15) is 4.79 Å². The van der Waals surface area contributed by atoms with Gasteiger partial charge in [-0.25, -0.2) is 9.78 Å². The minimum Gasteiger partial charge on any atom is -0.496 e. The van der Waals surface area contributed by atoms with Gasteiger partial charge in [-0.05, 0) is 12.1 Å². The molecule has 0 radical (unpaired) electrons. The van der Waals surface area contributed by atoms with Gasteiger partial charge in [-0.15, -0.1) is 0 Å². The fourth-order valence-corrected chi connectivity index (χ4v) is 1.35. The van der Waals surface area contributed by atoms with Crippen LogP contribution in [0.5, 0.6) is 5.75 Å². The van der Waals surface area contributed by atoms with Gasteiger partial charge in [-0.1, -0.05) is 12.1 Å². The minimum atomic E-state index is -1.23. The van der Waals surface area contributed by atoms with Gasteiger partial charge in [0.2, 0.25) is 0 Å². The maximum absolute atomic E-state index is 10.9. The van der Waals surface area contributed by atoms with Gasteiger partial charge in [0, 0.05) is 11.4 Å². The highest BCUT2D eigenvalue weighted by molar-refractivity contribution is 5.93. The number of carbonyl (C=O) groups is 1. The number of aromatic carboxylic acids is 1. The van der Waals surface area contributed by atoms with Crippen molar-refractivity contribution in [3.63, 3.8) is 0 Å². The molecule has 0 aliphatic rings. The summed E-state index contributed by atoms with van der Waals surface area (Å²) in [6, 6.07) is 6.76. The molecular formula is C11H9NO3. The van der Waals surface area contributed by atoms with Crippen molar-refractivity contribution in [2.45, 2.75) is 0 Å². The SMILES string of the molecule is [2H]c1c(C(=O)O)nc2ccccc2c1OC. The van der Waals surface area contributed by atoms with E-state index in [0.29, 0.717) is 10.9 Å². The van der Waals surface area contributed by atoms with E-state index in [1.165, 1.54) is 7.11 Å². The molecule has 0 amide bonds. The smallest absolute Gasteiger partial charge is 0.354 e. The van der Waals surface area contributed by atoms with Crippen LogP contribution in [0.2, 0.25) is 0 Å². The number of benzene rings is 1. The molecule has 1 heterocycles. The predicted molar refractivity (Wildman–Crippen MR) is 55.3 cm³/mol. The van der Waals surface area contributed by atoms with Crippen molar-refractivity contribution in [3.05, 3.63) is 36.0 Å². The van der Waals surface area contributed by atoms with E-state index >= 15 is 0 Å². The average Bonchev–Trinajstić information content (AvgIpc) is 2.28. The number of para-hydroxylation sites is 1. The monoisotopic (exact) mass is 204 g/mol. The molecule has 76 valence electrons. The first kappa shape index (κ1) is 8.23. The molecule has 0 aliphatic heterocycles. The van der Waals surface area contributed by atoms with Gasteiger partial charge in [-0.2, -0.15) is 0 Å². The van der Waals surface area contributed by atoms with Gasteiger partial charge in [0.15, 0.2) is 5.69 Å². The molecule has 4 heteroatoms. The van der Waals surface area contributed by atoms with Crippen LogP contribution in [0.1, 0.15) is 11.9 Å². The molecule has 1 aromatic heterocycles. The van der Waals surface area contributed by atoms with Crippen molar-refractivity contribution < 1.29 is 16.0 Å². The number of methoxy groups -OCH3 is 1. The number of rotatable bonds is 2. The van der Waals surface area contributed by atoms with E-state index in [1.54, 1.807) is 24.3 Å². The largest absolute Gasteiger partial charge is 0.496 e. The molecule has 0 aliphatic carbocycles. The molecule has 0 spiro atoms. The molecule has 0 atom stereocenters. The molecule has 2 rings (SSSR count). The second-order valence-electron chi connectivity index (χ2n) is 2.94. The Bertz CT molecular complexity index is 568. The summed E-state index contributed by atoms with van der Waals surface area (Å²) in [5, 5.41) is 9.55. The highest BCUT2D eigenvalue weighted by Gasteiger charge is 2.10. The number of aromatic nitrogens is 1. The van der Waals surface area contributed by atoms with Gasteiger partial charge >= 0.3 is 5.97 Å². The lowest BCUT2D eigenvalue weighted by Gasteiger charge is -2.05. The van der Waals surface area contributed by atoms with Crippen LogP contribution in [0.15, 0.2) is 30.3 Å². The summed E-state index contributed by atoms with van der Waals surface area (Å²) in [5.74, 6) is -0.989. The maximum atomic E-state index is 10.9. The second kappa shape index (κ2) is 3.57. The van der Waals surface area contributed by atoms with Crippen molar-refractivity contribution in [2.24, 2.45) is 0 Å². The van der Waals surface area contributed by atoms with Crippen LogP contribution in [0, 0.1) is 0 Å². The third kappa shape index (κ3) is 1.61. The van der Waals surface area contributed by atoms with Gasteiger partial charge in [0.1, 0.15) is 5.75 Å². The maximum Gasteiger partial charge on any atom is 0.354 e. The molecule has 0 unspecified atom stereocenters. The first-order valence-corrected chi connectivity index (χ1v) is 4.31. The Kier molecular flexibility index (Phi) is 1.96. The molecule has 0 saturated carbocycles. The molecule has 2 aromatic rings. The molecule has 0 saturated heterocycles. The summed E-state index contributed by atoms with van der Waals surface area (Å²) < 4.78 is 12.7. The number of hydrogen-bond acceptors (Lipinski definition) is 3. The Morgan fingerprint density at radius 1 is 1.53 bits per heavy atom. The lowest BCUT2D eigenvalue weighted by Crippen LogP contribution is -2.01. The Morgan fingerprint density at radius 2 is 2.27 bits per heavy atom. The fraction of sp³-hybridized carbons (Fsp3) is 0.0909. The Morgan fingerprint density at radius 3 is 2.93 bits per heavy atom. The molecule has 1 aromatic carbocycles. The van der Waals surface area contributed by atoms with E-state index in [-0.39, 0.29) is 17.5 Å². The van der Waals surface area contributed by atoms with Crippen LogP contribution >= 0.6 is 0 Å². The lowest BCUT2D eigenvalue weighted by molar-refractivity contribution is 0.0690. The summed E-state index contributed by atoms with van der Waals surface area (Å²) in [4.78, 5) is 14.8. The minimum absolute atomic E-state index is 0.200. The zero-order valence-electron chi connectivity index (χ0n) is 9.02. The van der Waals surface area contributed by atoms with E-state index in [0.717, 1.165) is 0 Å². The average molecular weight is 204 g/mol. The van der Waals surface area contributed by atoms with Crippen LogP contribution in [-0.2, 0) is 0 Å². The Balaban J connectivity index is 2.88. The van der Waals surface area contributed by atoms with Gasteiger partial charge in [0.25, 0.3) is 0 Å². The highest BCUT2D eigenvalue weighted by Crippen LogP contribution is 2.24. The molecular weight excluding hydrogens is 194 g/mol. The first-order chi connectivity index (χ1) is 7.65. The van der Waals surface area contributed by atoms with Crippen molar-refractivity contribution in [3.8, 4) is 5.75 Å². The van der Waals surface area contributed by atoms with Gasteiger partial charge in [0.05, 0.1) is 14.0 Å². The van der Waals surface area contributed by atoms with E-state index in [2.05, 4.69) is 4.98 Å². The first-order valence-electron chi connectivity index (χ1n) is 4.81. The predicted octanol–water partition coefficient (Wildman–Crippen LogP) is 1.94. The zero-order chi connectivity index (χ0) is 11.7. The number of carboxylic acids is 1. The number of hydrogen-bond donors (Lipinski definition) is 1. The van der Waals surface area contributed by atoms with Crippen molar-refractivity contribution >= 4 is 16.9 Å². The van der Waals surface area contributed by atoms with E-state index in [1.807, 2.05) is 0 Å². The number of fused-ring (bicyclic) bond motifs is 1. The van der Waals surface area contributed by atoms with Crippen LogP contribution in [0.25, 0.3) is 10.9 Å². The molecule has 15 heavy (non-hydrogen) atoms. The summed E-state index contributed by atoms with van der Waals surface area (Å²) in [6.07, 6.45) is 0. The molecule has 0 bridgehead atoms. The van der Waals surface area contributed by atoms with Crippen molar-refractivity contribution in [2.75, 3.05) is 7.11 Å². The second-order valence-corrected chi connectivity index (χ2v) is 2.94. The van der Waals surface area contributed by atoms with Crippen LogP contribution in [0.3, 0.4) is 0 Å². The third-order valence-corrected chi connectivity index (χ3v) is 2.02. The summed E-state index contributed by atoms with van der Waals surface area (Å²) in [6.45, 7) is 0. The van der Waals surface area contributed by atoms with E-state index in [4.69, 9.17) is 11.2 Å². The normalized spacial score (nSPS) is 11.1. The summed E-state index contributed by atoms with van der Waals surface area (Å²) in [5.41, 5.74) is 0.211. The standard InChI is InChI=1S/C11H9NO3/c1-15-10-6-9(11(13)14)12-8-5-3-2-4-7(8)10/h2-6H,1H3,(H,13,14)/i6D.